The van der Waals surface area contributed by atoms with Crippen LogP contribution in [0, 0.1) is 0 Å². The second-order valence-corrected chi connectivity index (χ2v) is 3.21. The van der Waals surface area contributed by atoms with Gasteiger partial charge in [0, 0.05) is 0 Å². The molecule has 0 aliphatic carbocycles. The number of carbonyl (C=O) groups excluding carboxylic acids is 1. The van der Waals surface area contributed by atoms with Crippen LogP contribution in [0.1, 0.15) is 13.8 Å². The average Bonchev–Trinajstić information content (AvgIpc) is 2.08. The van der Waals surface area contributed by atoms with Crippen molar-refractivity contribution in [2.75, 3.05) is 0 Å². The van der Waals surface area contributed by atoms with Gasteiger partial charge in [0.25, 0.3) is 0 Å². The van der Waals surface area contributed by atoms with Gasteiger partial charge < -0.3 is 4.74 Å². The number of benzene rings is 1. The second-order valence-electron chi connectivity index (χ2n) is 2.80. The topological polar surface area (TPSA) is 26.3 Å². The number of ether oxygens (including phenoxy) is 1. The number of hydrogen-bond acceptors (Lipinski definition) is 2. The molecule has 0 fully saturated rings. The maximum absolute atomic E-state index is 10.9. The summed E-state index contributed by atoms with van der Waals surface area (Å²) in [6.45, 7) is 3.19. The van der Waals surface area contributed by atoms with E-state index in [9.17, 15) is 4.79 Å². The van der Waals surface area contributed by atoms with Crippen LogP contribution in [0.25, 0.3) is 0 Å². The van der Waals surface area contributed by atoms with Crippen LogP contribution >= 0.6 is 11.6 Å². The maximum atomic E-state index is 10.9. The summed E-state index contributed by atoms with van der Waals surface area (Å²) >= 11 is 5.84. The number of carbonyl (C=O) groups is 1. The van der Waals surface area contributed by atoms with Gasteiger partial charge in [0.05, 0.1) is 5.02 Å². The zero-order valence-corrected chi connectivity index (χ0v) is 8.34. The van der Waals surface area contributed by atoms with Crippen LogP contribution in [0.5, 0.6) is 5.75 Å². The molecular formula is C10H11ClO2. The van der Waals surface area contributed by atoms with Crippen LogP contribution in [-0.2, 0) is 4.79 Å². The smallest absolute Gasteiger partial charge is 0.169 e. The first kappa shape index (κ1) is 10.1. The van der Waals surface area contributed by atoms with E-state index in [1.807, 2.05) is 12.1 Å². The van der Waals surface area contributed by atoms with E-state index in [-0.39, 0.29) is 5.78 Å². The summed E-state index contributed by atoms with van der Waals surface area (Å²) in [5, 5.41) is 0.524. The van der Waals surface area contributed by atoms with E-state index in [0.29, 0.717) is 10.8 Å². The molecule has 0 radical (unpaired) electrons. The third kappa shape index (κ3) is 2.74. The number of hydrogen-bond donors (Lipinski definition) is 0. The van der Waals surface area contributed by atoms with E-state index in [1.165, 1.54) is 6.92 Å². The summed E-state index contributed by atoms with van der Waals surface area (Å²) in [4.78, 5) is 10.9. The van der Waals surface area contributed by atoms with Crippen molar-refractivity contribution in [2.24, 2.45) is 0 Å². The Morgan fingerprint density at radius 2 is 2.08 bits per heavy atom. The molecule has 0 saturated heterocycles. The van der Waals surface area contributed by atoms with Gasteiger partial charge in [-0.05, 0) is 26.0 Å². The molecule has 0 bridgehead atoms. The molecule has 13 heavy (non-hydrogen) atoms. The Hall–Kier alpha value is -1.02. The Morgan fingerprint density at radius 3 is 2.62 bits per heavy atom. The van der Waals surface area contributed by atoms with Crippen LogP contribution < -0.4 is 4.74 Å². The van der Waals surface area contributed by atoms with Crippen molar-refractivity contribution in [2.45, 2.75) is 20.0 Å². The minimum absolute atomic E-state index is 0.0140. The van der Waals surface area contributed by atoms with Crippen molar-refractivity contribution in [3.8, 4) is 5.75 Å². The van der Waals surface area contributed by atoms with Gasteiger partial charge in [0.1, 0.15) is 5.75 Å². The van der Waals surface area contributed by atoms with E-state index >= 15 is 0 Å². The molecule has 0 amide bonds. The maximum Gasteiger partial charge on any atom is 0.169 e. The Labute approximate surface area is 82.5 Å². The lowest BCUT2D eigenvalue weighted by atomic mass is 10.3. The Balaban J connectivity index is 2.74. The third-order valence-electron chi connectivity index (χ3n) is 1.71. The molecule has 70 valence electrons. The molecule has 1 aromatic carbocycles. The molecule has 0 aliphatic heterocycles. The number of para-hydroxylation sites is 1. The molecule has 3 heteroatoms. The minimum atomic E-state index is -0.445. The monoisotopic (exact) mass is 198 g/mol. The fourth-order valence-corrected chi connectivity index (χ4v) is 0.994. The highest BCUT2D eigenvalue weighted by Crippen LogP contribution is 2.24. The predicted octanol–water partition coefficient (Wildman–Crippen LogP) is 2.70. The quantitative estimate of drug-likeness (QED) is 0.747. The first-order valence-corrected chi connectivity index (χ1v) is 4.40. The Bertz CT molecular complexity index is 310. The first-order chi connectivity index (χ1) is 6.11. The third-order valence-corrected chi connectivity index (χ3v) is 2.03. The summed E-state index contributed by atoms with van der Waals surface area (Å²) in [5.41, 5.74) is 0. The Morgan fingerprint density at radius 1 is 1.46 bits per heavy atom. The highest BCUT2D eigenvalue weighted by molar-refractivity contribution is 6.32. The van der Waals surface area contributed by atoms with Gasteiger partial charge in [-0.3, -0.25) is 4.79 Å². The van der Waals surface area contributed by atoms with Crippen LogP contribution in [-0.4, -0.2) is 11.9 Å². The van der Waals surface area contributed by atoms with Crippen LogP contribution in [0.4, 0.5) is 0 Å². The van der Waals surface area contributed by atoms with Crippen molar-refractivity contribution in [1.29, 1.82) is 0 Å². The lowest BCUT2D eigenvalue weighted by Crippen LogP contribution is -2.20. The van der Waals surface area contributed by atoms with Gasteiger partial charge in [0.2, 0.25) is 0 Å². The summed E-state index contributed by atoms with van der Waals surface area (Å²) in [6, 6.07) is 7.09. The molecule has 0 spiro atoms. The van der Waals surface area contributed by atoms with Crippen molar-refractivity contribution in [3.63, 3.8) is 0 Å². The van der Waals surface area contributed by atoms with Crippen LogP contribution in [0.3, 0.4) is 0 Å². The number of halogens is 1. The highest BCUT2D eigenvalue weighted by Gasteiger charge is 2.10. The van der Waals surface area contributed by atoms with Crippen molar-refractivity contribution < 1.29 is 9.53 Å². The SMILES string of the molecule is CC(=O)[C@@H](C)Oc1ccccc1Cl. The van der Waals surface area contributed by atoms with E-state index in [1.54, 1.807) is 19.1 Å². The number of rotatable bonds is 3. The second kappa shape index (κ2) is 4.28. The summed E-state index contributed by atoms with van der Waals surface area (Å²) in [6.07, 6.45) is -0.445. The fourth-order valence-electron chi connectivity index (χ4n) is 0.814. The van der Waals surface area contributed by atoms with E-state index in [0.717, 1.165) is 0 Å². The molecule has 1 atom stereocenters. The largest absolute Gasteiger partial charge is 0.481 e. The fraction of sp³-hybridized carbons (Fsp3) is 0.300. The first-order valence-electron chi connectivity index (χ1n) is 4.03. The molecule has 1 aromatic rings. The van der Waals surface area contributed by atoms with Gasteiger partial charge >= 0.3 is 0 Å². The Kier molecular flexibility index (Phi) is 3.32. The van der Waals surface area contributed by atoms with Gasteiger partial charge in [-0.15, -0.1) is 0 Å². The van der Waals surface area contributed by atoms with E-state index < -0.39 is 6.10 Å². The normalized spacial score (nSPS) is 12.2. The van der Waals surface area contributed by atoms with Crippen molar-refractivity contribution >= 4 is 17.4 Å². The standard InChI is InChI=1S/C10H11ClO2/c1-7(12)8(2)13-10-6-4-3-5-9(10)11/h3-6,8H,1-2H3/t8-/m1/s1. The van der Waals surface area contributed by atoms with E-state index in [2.05, 4.69) is 0 Å². The summed E-state index contributed by atoms with van der Waals surface area (Å²) in [7, 11) is 0. The summed E-state index contributed by atoms with van der Waals surface area (Å²) in [5.74, 6) is 0.534. The average molecular weight is 199 g/mol. The molecule has 0 aliphatic rings. The molecule has 0 N–H and O–H groups in total. The molecule has 0 heterocycles. The molecular weight excluding hydrogens is 188 g/mol. The lowest BCUT2D eigenvalue weighted by Gasteiger charge is -2.12. The molecule has 2 nitrogen and oxygen atoms in total. The van der Waals surface area contributed by atoms with Gasteiger partial charge in [0.15, 0.2) is 11.9 Å². The lowest BCUT2D eigenvalue weighted by molar-refractivity contribution is -0.122. The van der Waals surface area contributed by atoms with Crippen LogP contribution in [0.15, 0.2) is 24.3 Å². The zero-order chi connectivity index (χ0) is 9.84. The van der Waals surface area contributed by atoms with E-state index in [4.69, 9.17) is 16.3 Å². The van der Waals surface area contributed by atoms with Crippen molar-refractivity contribution in [3.05, 3.63) is 29.3 Å². The number of ketones is 1. The predicted molar refractivity (Wildman–Crippen MR) is 52.2 cm³/mol. The van der Waals surface area contributed by atoms with Crippen molar-refractivity contribution in [1.82, 2.24) is 0 Å². The molecule has 0 aromatic heterocycles. The summed E-state index contributed by atoms with van der Waals surface area (Å²) < 4.78 is 5.33. The molecule has 1 rings (SSSR count). The highest BCUT2D eigenvalue weighted by atomic mass is 35.5. The van der Waals surface area contributed by atoms with Gasteiger partial charge in [-0.1, -0.05) is 23.7 Å². The number of Topliss-reactive ketones (excluding diaryl/α,β-unsaturated/α-hetero) is 1. The minimum Gasteiger partial charge on any atom is -0.481 e. The molecule has 0 saturated carbocycles. The zero-order valence-electron chi connectivity index (χ0n) is 7.58. The molecule has 0 unspecified atom stereocenters. The van der Waals surface area contributed by atoms with Gasteiger partial charge in [-0.25, -0.2) is 0 Å². The van der Waals surface area contributed by atoms with Gasteiger partial charge in [-0.2, -0.15) is 0 Å². The van der Waals surface area contributed by atoms with Crippen LogP contribution in [0.2, 0.25) is 5.02 Å².